The lowest BCUT2D eigenvalue weighted by Gasteiger charge is -2.40. The van der Waals surface area contributed by atoms with E-state index in [1.54, 1.807) is 0 Å². The van der Waals surface area contributed by atoms with Gasteiger partial charge in [-0.25, -0.2) is 22.4 Å². The molecule has 11 heteroatoms. The van der Waals surface area contributed by atoms with Crippen molar-refractivity contribution in [3.05, 3.63) is 34.9 Å². The minimum Gasteiger partial charge on any atom is -0.330 e. The maximum absolute atomic E-state index is 13.8. The Morgan fingerprint density at radius 2 is 1.74 bits per heavy atom. The number of amides is 5. The maximum atomic E-state index is 13.8. The fourth-order valence-corrected chi connectivity index (χ4v) is 2.64. The van der Waals surface area contributed by atoms with Crippen molar-refractivity contribution in [3.63, 3.8) is 0 Å². The van der Waals surface area contributed by atoms with E-state index in [1.165, 1.54) is 20.8 Å². The van der Waals surface area contributed by atoms with Crippen LogP contribution in [0.3, 0.4) is 0 Å². The van der Waals surface area contributed by atoms with Gasteiger partial charge in [0.1, 0.15) is 0 Å². The maximum Gasteiger partial charge on any atom is 0.331 e. The standard InChI is InChI=1S/C16H15F4N3O4/c1-4-16(13(25)21-15(27)23(6(2)3)14(16)26)22-12(24)7-5-8(17)10(19)11(20)9(7)18/h5-6H,4H2,1-3H3,(H,22,24)(H,21,25,27). The highest BCUT2D eigenvalue weighted by atomic mass is 19.2. The highest BCUT2D eigenvalue weighted by molar-refractivity contribution is 6.24. The molecular formula is C16H15F4N3O4. The van der Waals surface area contributed by atoms with Gasteiger partial charge in [-0.05, 0) is 26.3 Å². The van der Waals surface area contributed by atoms with Crippen LogP contribution >= 0.6 is 0 Å². The van der Waals surface area contributed by atoms with Crippen LogP contribution in [0, 0.1) is 23.3 Å². The fraction of sp³-hybridized carbons (Fsp3) is 0.375. The summed E-state index contributed by atoms with van der Waals surface area (Å²) in [6.07, 6.45) is -0.353. The van der Waals surface area contributed by atoms with E-state index in [0.29, 0.717) is 4.90 Å². The van der Waals surface area contributed by atoms with Crippen molar-refractivity contribution < 1.29 is 36.7 Å². The molecule has 0 aliphatic carbocycles. The van der Waals surface area contributed by atoms with Crippen LogP contribution in [-0.2, 0) is 9.59 Å². The summed E-state index contributed by atoms with van der Waals surface area (Å²) < 4.78 is 53.6. The normalized spacial score (nSPS) is 20.1. The number of urea groups is 1. The van der Waals surface area contributed by atoms with Crippen LogP contribution in [0.4, 0.5) is 22.4 Å². The fourth-order valence-electron chi connectivity index (χ4n) is 2.64. The summed E-state index contributed by atoms with van der Waals surface area (Å²) >= 11 is 0. The van der Waals surface area contributed by atoms with E-state index < -0.39 is 64.2 Å². The van der Waals surface area contributed by atoms with Crippen LogP contribution in [0.15, 0.2) is 6.07 Å². The van der Waals surface area contributed by atoms with Crippen molar-refractivity contribution in [2.24, 2.45) is 0 Å². The summed E-state index contributed by atoms with van der Waals surface area (Å²) in [6, 6.07) is -1.60. The molecule has 0 radical (unpaired) electrons. The first kappa shape index (κ1) is 20.3. The van der Waals surface area contributed by atoms with Gasteiger partial charge in [0, 0.05) is 6.04 Å². The number of benzene rings is 1. The largest absolute Gasteiger partial charge is 0.331 e. The number of imide groups is 2. The van der Waals surface area contributed by atoms with Crippen LogP contribution in [-0.4, -0.2) is 40.2 Å². The second-order valence-corrected chi connectivity index (χ2v) is 6.09. The van der Waals surface area contributed by atoms with E-state index >= 15 is 0 Å². The van der Waals surface area contributed by atoms with Gasteiger partial charge in [-0.3, -0.25) is 24.6 Å². The van der Waals surface area contributed by atoms with Crippen molar-refractivity contribution in [1.82, 2.24) is 15.5 Å². The van der Waals surface area contributed by atoms with Gasteiger partial charge in [-0.2, -0.15) is 0 Å². The van der Waals surface area contributed by atoms with Crippen LogP contribution in [0.2, 0.25) is 0 Å². The minimum absolute atomic E-state index is 0.100. The Bertz CT molecular complexity index is 859. The first-order valence-electron chi connectivity index (χ1n) is 7.82. The summed E-state index contributed by atoms with van der Waals surface area (Å²) in [7, 11) is 0. The third-order valence-corrected chi connectivity index (χ3v) is 4.13. The van der Waals surface area contributed by atoms with Gasteiger partial charge in [-0.15, -0.1) is 0 Å². The zero-order chi connectivity index (χ0) is 20.7. The molecular weight excluding hydrogens is 374 g/mol. The smallest absolute Gasteiger partial charge is 0.330 e. The third-order valence-electron chi connectivity index (χ3n) is 4.13. The number of halogens is 4. The predicted octanol–water partition coefficient (Wildman–Crippen LogP) is 1.61. The molecule has 7 nitrogen and oxygen atoms in total. The van der Waals surface area contributed by atoms with E-state index in [-0.39, 0.29) is 12.5 Å². The van der Waals surface area contributed by atoms with Crippen molar-refractivity contribution in [2.45, 2.75) is 38.8 Å². The molecule has 2 rings (SSSR count). The van der Waals surface area contributed by atoms with Crippen LogP contribution in [0.5, 0.6) is 0 Å². The number of hydrogen-bond acceptors (Lipinski definition) is 4. The Kier molecular flexibility index (Phi) is 5.25. The number of hydrogen-bond donors (Lipinski definition) is 2. The van der Waals surface area contributed by atoms with E-state index in [2.05, 4.69) is 0 Å². The lowest BCUT2D eigenvalue weighted by molar-refractivity contribution is -0.147. The highest BCUT2D eigenvalue weighted by Crippen LogP contribution is 2.24. The zero-order valence-corrected chi connectivity index (χ0v) is 14.5. The molecule has 1 aromatic carbocycles. The Balaban J connectivity index is 2.49. The van der Waals surface area contributed by atoms with Gasteiger partial charge in [0.2, 0.25) is 0 Å². The molecule has 1 heterocycles. The Labute approximate surface area is 150 Å². The van der Waals surface area contributed by atoms with Crippen LogP contribution < -0.4 is 10.6 Å². The lowest BCUT2D eigenvalue weighted by Crippen LogP contribution is -2.74. The topological polar surface area (TPSA) is 95.6 Å². The van der Waals surface area contributed by atoms with E-state index in [4.69, 9.17) is 0 Å². The molecule has 0 spiro atoms. The molecule has 1 fully saturated rings. The Morgan fingerprint density at radius 3 is 2.26 bits per heavy atom. The zero-order valence-electron chi connectivity index (χ0n) is 14.5. The van der Waals surface area contributed by atoms with Gasteiger partial charge < -0.3 is 5.32 Å². The number of barbiturate groups is 1. The molecule has 1 aromatic rings. The van der Waals surface area contributed by atoms with Gasteiger partial charge in [0.15, 0.2) is 28.8 Å². The second-order valence-electron chi connectivity index (χ2n) is 6.09. The van der Waals surface area contributed by atoms with Gasteiger partial charge in [0.05, 0.1) is 5.56 Å². The lowest BCUT2D eigenvalue weighted by atomic mass is 9.90. The number of nitrogens with zero attached hydrogens (tertiary/aromatic N) is 1. The molecule has 1 aliphatic heterocycles. The molecule has 5 amide bonds. The Hall–Kier alpha value is -2.98. The van der Waals surface area contributed by atoms with E-state index in [9.17, 15) is 36.7 Å². The average molecular weight is 389 g/mol. The van der Waals surface area contributed by atoms with Crippen LogP contribution in [0.25, 0.3) is 0 Å². The number of carbonyl (C=O) groups excluding carboxylic acids is 4. The summed E-state index contributed by atoms with van der Waals surface area (Å²) in [5, 5.41) is 3.82. The van der Waals surface area contributed by atoms with Crippen molar-refractivity contribution in [1.29, 1.82) is 0 Å². The van der Waals surface area contributed by atoms with Crippen LogP contribution in [0.1, 0.15) is 37.6 Å². The molecule has 27 heavy (non-hydrogen) atoms. The SMILES string of the molecule is CCC1(NC(=O)c2cc(F)c(F)c(F)c2F)C(=O)NC(=O)N(C(C)C)C1=O. The number of rotatable bonds is 4. The monoisotopic (exact) mass is 389 g/mol. The molecule has 146 valence electrons. The van der Waals surface area contributed by atoms with Gasteiger partial charge in [-0.1, -0.05) is 6.92 Å². The minimum atomic E-state index is -2.32. The average Bonchev–Trinajstić information content (AvgIpc) is 2.59. The predicted molar refractivity (Wildman–Crippen MR) is 82.3 cm³/mol. The Morgan fingerprint density at radius 1 is 1.15 bits per heavy atom. The number of carbonyl (C=O) groups is 4. The molecule has 1 saturated heterocycles. The van der Waals surface area contributed by atoms with Gasteiger partial charge in [0.25, 0.3) is 17.7 Å². The quantitative estimate of drug-likeness (QED) is 0.354. The first-order valence-corrected chi connectivity index (χ1v) is 7.82. The molecule has 0 saturated carbocycles. The molecule has 1 atom stereocenters. The molecule has 1 aliphatic rings. The molecule has 0 bridgehead atoms. The van der Waals surface area contributed by atoms with E-state index in [0.717, 1.165) is 0 Å². The summed E-state index contributed by atoms with van der Waals surface area (Å²) in [4.78, 5) is 49.8. The molecule has 1 unspecified atom stereocenters. The summed E-state index contributed by atoms with van der Waals surface area (Å²) in [5.41, 5.74) is -3.56. The van der Waals surface area contributed by atoms with E-state index in [1.807, 2.05) is 10.6 Å². The van der Waals surface area contributed by atoms with Gasteiger partial charge >= 0.3 is 6.03 Å². The van der Waals surface area contributed by atoms with Crippen molar-refractivity contribution in [3.8, 4) is 0 Å². The van der Waals surface area contributed by atoms with Crippen molar-refractivity contribution in [2.75, 3.05) is 0 Å². The van der Waals surface area contributed by atoms with Crippen molar-refractivity contribution >= 4 is 23.8 Å². The first-order chi connectivity index (χ1) is 12.5. The highest BCUT2D eigenvalue weighted by Gasteiger charge is 2.54. The number of nitrogens with one attached hydrogen (secondary N) is 2. The molecule has 0 aromatic heterocycles. The molecule has 2 N–H and O–H groups in total. The third kappa shape index (κ3) is 3.13. The second kappa shape index (κ2) is 6.97. The summed E-state index contributed by atoms with van der Waals surface area (Å²) in [6.45, 7) is 4.27. The summed E-state index contributed by atoms with van der Waals surface area (Å²) in [5.74, 6) is -12.0.